The van der Waals surface area contributed by atoms with E-state index in [1.165, 1.54) is 161 Å². The molecule has 0 nitrogen and oxygen atoms in total. The smallest absolute Gasteiger partial charge is 0.0351 e. The minimum absolute atomic E-state index is 1.19. The molecule has 0 aromatic carbocycles. The molecule has 0 fully saturated rings. The number of hydrogen-bond donors (Lipinski definition) is 0. The second kappa shape index (κ2) is 36.1. The number of rotatable bonds is 25. The van der Waals surface area contributed by atoms with Crippen molar-refractivity contribution >= 4 is 0 Å². The van der Waals surface area contributed by atoms with Crippen LogP contribution in [0.3, 0.4) is 0 Å². The van der Waals surface area contributed by atoms with Crippen molar-refractivity contribution in [3.05, 3.63) is 24.3 Å². The molecule has 0 aliphatic rings. The van der Waals surface area contributed by atoms with E-state index < -0.39 is 0 Å². The van der Waals surface area contributed by atoms with Crippen LogP contribution in [0.2, 0.25) is 0 Å². The van der Waals surface area contributed by atoms with Crippen molar-refractivity contribution < 1.29 is 0 Å². The summed E-state index contributed by atoms with van der Waals surface area (Å²) in [5.74, 6) is 0. The van der Waals surface area contributed by atoms with Crippen molar-refractivity contribution in [1.29, 1.82) is 0 Å². The fourth-order valence-electron chi connectivity index (χ4n) is 4.30. The van der Waals surface area contributed by atoms with Gasteiger partial charge in [0.1, 0.15) is 0 Å². The molecule has 0 unspecified atom stereocenters. The standard InChI is InChI=1S/C19H38.C14H28/c1-3-5-7-9-11-13-15-17-19-18-16-14-12-10-8-6-4-2;1-3-5-7-9-11-13-14-12-10-8-6-4-2/h3,5H,4,6-19H2,1-2H3;5,7H,3-4,6,8-14H2,1-2H3/b5-3+;7-5+. The first-order valence-corrected chi connectivity index (χ1v) is 15.6. The van der Waals surface area contributed by atoms with Gasteiger partial charge in [-0.05, 0) is 39.0 Å². The maximum atomic E-state index is 2.33. The van der Waals surface area contributed by atoms with Gasteiger partial charge in [-0.15, -0.1) is 0 Å². The molecule has 0 aromatic rings. The zero-order chi connectivity index (χ0) is 24.5. The summed E-state index contributed by atoms with van der Waals surface area (Å²) < 4.78 is 0. The summed E-state index contributed by atoms with van der Waals surface area (Å²) in [5.41, 5.74) is 0. The molecule has 0 saturated heterocycles. The second-order valence-electron chi connectivity index (χ2n) is 10.1. The summed E-state index contributed by atoms with van der Waals surface area (Å²) in [6.45, 7) is 8.88. The Morgan fingerprint density at radius 2 is 0.636 bits per heavy atom. The predicted molar refractivity (Wildman–Crippen MR) is 156 cm³/mol. The van der Waals surface area contributed by atoms with Crippen LogP contribution in [0, 0.1) is 0 Å². The molecular formula is C33H66. The first kappa shape index (κ1) is 34.6. The zero-order valence-corrected chi connectivity index (χ0v) is 24.0. The molecule has 33 heavy (non-hydrogen) atoms. The number of allylic oxidation sites excluding steroid dienone is 4. The average molecular weight is 463 g/mol. The van der Waals surface area contributed by atoms with Gasteiger partial charge in [0, 0.05) is 0 Å². The highest BCUT2D eigenvalue weighted by Gasteiger charge is 1.93. The fraction of sp³-hybridized carbons (Fsp3) is 0.879. The summed E-state index contributed by atoms with van der Waals surface area (Å²) in [5, 5.41) is 0. The van der Waals surface area contributed by atoms with Crippen molar-refractivity contribution in [2.24, 2.45) is 0 Å². The van der Waals surface area contributed by atoms with Gasteiger partial charge in [0.25, 0.3) is 0 Å². The second-order valence-corrected chi connectivity index (χ2v) is 10.1. The third kappa shape index (κ3) is 39.0. The Hall–Kier alpha value is -0.520. The lowest BCUT2D eigenvalue weighted by atomic mass is 10.0. The minimum atomic E-state index is 1.19. The number of unbranched alkanes of at least 4 members (excludes halogenated alkanes) is 22. The third-order valence-electron chi connectivity index (χ3n) is 6.59. The largest absolute Gasteiger partial charge is 0.0917 e. The van der Waals surface area contributed by atoms with Crippen LogP contribution in [-0.4, -0.2) is 0 Å². The molecule has 0 aromatic heterocycles. The first-order chi connectivity index (χ1) is 16.3. The lowest BCUT2D eigenvalue weighted by Gasteiger charge is -2.02. The van der Waals surface area contributed by atoms with Crippen molar-refractivity contribution in [3.63, 3.8) is 0 Å². The van der Waals surface area contributed by atoms with Gasteiger partial charge in [0.2, 0.25) is 0 Å². The third-order valence-corrected chi connectivity index (χ3v) is 6.59. The van der Waals surface area contributed by atoms with Crippen LogP contribution in [0.5, 0.6) is 0 Å². The average Bonchev–Trinajstić information content (AvgIpc) is 2.83. The Morgan fingerprint density at radius 1 is 0.333 bits per heavy atom. The van der Waals surface area contributed by atoms with E-state index in [0.717, 1.165) is 0 Å². The highest BCUT2D eigenvalue weighted by Crippen LogP contribution is 2.13. The monoisotopic (exact) mass is 463 g/mol. The van der Waals surface area contributed by atoms with E-state index in [1.807, 2.05) is 0 Å². The van der Waals surface area contributed by atoms with Crippen LogP contribution in [0.15, 0.2) is 24.3 Å². The Balaban J connectivity index is 0. The molecule has 0 atom stereocenters. The van der Waals surface area contributed by atoms with Crippen molar-refractivity contribution in [2.45, 2.75) is 188 Å². The van der Waals surface area contributed by atoms with Crippen LogP contribution in [0.1, 0.15) is 188 Å². The van der Waals surface area contributed by atoms with Crippen molar-refractivity contribution in [2.75, 3.05) is 0 Å². The molecule has 0 aliphatic carbocycles. The van der Waals surface area contributed by atoms with E-state index in [9.17, 15) is 0 Å². The van der Waals surface area contributed by atoms with E-state index in [2.05, 4.69) is 52.0 Å². The molecular weight excluding hydrogens is 396 g/mol. The molecule has 0 spiro atoms. The van der Waals surface area contributed by atoms with Gasteiger partial charge in [-0.25, -0.2) is 0 Å². The molecule has 0 N–H and O–H groups in total. The summed E-state index contributed by atoms with van der Waals surface area (Å²) in [4.78, 5) is 0. The summed E-state index contributed by atoms with van der Waals surface area (Å²) >= 11 is 0. The highest BCUT2D eigenvalue weighted by atomic mass is 14.0. The van der Waals surface area contributed by atoms with Crippen molar-refractivity contribution in [3.8, 4) is 0 Å². The van der Waals surface area contributed by atoms with Crippen LogP contribution >= 0.6 is 0 Å². The Kier molecular flexibility index (Phi) is 37.9. The molecule has 0 heteroatoms. The topological polar surface area (TPSA) is 0 Å². The van der Waals surface area contributed by atoms with E-state index in [0.29, 0.717) is 0 Å². The van der Waals surface area contributed by atoms with Gasteiger partial charge in [-0.3, -0.25) is 0 Å². The lowest BCUT2D eigenvalue weighted by molar-refractivity contribution is 0.536. The molecule has 0 heterocycles. The Morgan fingerprint density at radius 3 is 0.939 bits per heavy atom. The normalized spacial score (nSPS) is 11.4. The first-order valence-electron chi connectivity index (χ1n) is 15.6. The van der Waals surface area contributed by atoms with Gasteiger partial charge < -0.3 is 0 Å². The van der Waals surface area contributed by atoms with Crippen LogP contribution in [0.4, 0.5) is 0 Å². The van der Waals surface area contributed by atoms with Gasteiger partial charge in [0.15, 0.2) is 0 Å². The Labute approximate surface area is 212 Å². The predicted octanol–water partition coefficient (Wildman–Crippen LogP) is 12.9. The van der Waals surface area contributed by atoms with Gasteiger partial charge in [-0.2, -0.15) is 0 Å². The van der Waals surface area contributed by atoms with E-state index in [-0.39, 0.29) is 0 Å². The van der Waals surface area contributed by atoms with Crippen molar-refractivity contribution in [1.82, 2.24) is 0 Å². The molecule has 198 valence electrons. The SMILES string of the molecule is C/C=C/CCCCCCCCCCCCCCCC.CC/C=C/CCCCCCCCCC. The number of hydrogen-bond acceptors (Lipinski definition) is 0. The maximum absolute atomic E-state index is 2.33. The van der Waals surface area contributed by atoms with E-state index >= 15 is 0 Å². The van der Waals surface area contributed by atoms with Gasteiger partial charge in [-0.1, -0.05) is 173 Å². The molecule has 0 aliphatic heterocycles. The maximum Gasteiger partial charge on any atom is -0.0351 e. The Bertz CT molecular complexity index is 351. The minimum Gasteiger partial charge on any atom is -0.0917 e. The highest BCUT2D eigenvalue weighted by molar-refractivity contribution is 4.79. The van der Waals surface area contributed by atoms with Crippen LogP contribution in [0.25, 0.3) is 0 Å². The van der Waals surface area contributed by atoms with Gasteiger partial charge >= 0.3 is 0 Å². The zero-order valence-electron chi connectivity index (χ0n) is 24.0. The molecule has 0 bridgehead atoms. The molecule has 0 saturated carbocycles. The van der Waals surface area contributed by atoms with E-state index in [4.69, 9.17) is 0 Å². The van der Waals surface area contributed by atoms with Crippen LogP contribution < -0.4 is 0 Å². The summed E-state index contributed by atoms with van der Waals surface area (Å²) in [6.07, 6.45) is 44.6. The lowest BCUT2D eigenvalue weighted by Crippen LogP contribution is -1.83. The molecule has 0 rings (SSSR count). The quantitative estimate of drug-likeness (QED) is 0.0934. The van der Waals surface area contributed by atoms with Crippen LogP contribution in [-0.2, 0) is 0 Å². The molecule has 0 amide bonds. The van der Waals surface area contributed by atoms with Gasteiger partial charge in [0.05, 0.1) is 0 Å². The summed E-state index contributed by atoms with van der Waals surface area (Å²) in [6, 6.07) is 0. The van der Waals surface area contributed by atoms with E-state index in [1.54, 1.807) is 0 Å². The molecule has 0 radical (unpaired) electrons. The summed E-state index contributed by atoms with van der Waals surface area (Å²) in [7, 11) is 0. The fourth-order valence-corrected chi connectivity index (χ4v) is 4.30.